The van der Waals surface area contributed by atoms with Gasteiger partial charge in [-0.1, -0.05) is 26.0 Å². The summed E-state index contributed by atoms with van der Waals surface area (Å²) >= 11 is 0. The van der Waals surface area contributed by atoms with Gasteiger partial charge in [-0.05, 0) is 69.8 Å². The van der Waals surface area contributed by atoms with Gasteiger partial charge in [-0.3, -0.25) is 15.4 Å². The van der Waals surface area contributed by atoms with E-state index >= 15 is 0 Å². The average Bonchev–Trinajstić information content (AvgIpc) is 2.88. The summed E-state index contributed by atoms with van der Waals surface area (Å²) in [5, 5.41) is 13.3. The van der Waals surface area contributed by atoms with Crippen LogP contribution >= 0.6 is 0 Å². The molecule has 0 bridgehead atoms. The molecule has 0 unspecified atom stereocenters. The topological polar surface area (TPSA) is 86.9 Å². The first-order valence-corrected chi connectivity index (χ1v) is 13.6. The van der Waals surface area contributed by atoms with Crippen molar-refractivity contribution < 1.29 is 18.7 Å². The number of carbonyl (C=O) groups is 1. The molecule has 2 aromatic rings. The van der Waals surface area contributed by atoms with E-state index in [1.54, 1.807) is 12.1 Å². The molecule has 210 valence electrons. The van der Waals surface area contributed by atoms with Gasteiger partial charge in [0.05, 0.1) is 6.54 Å². The highest BCUT2D eigenvalue weighted by Crippen LogP contribution is 2.21. The monoisotopic (exact) mass is 529 g/mol. The molecule has 0 spiro atoms. The van der Waals surface area contributed by atoms with E-state index in [0.717, 1.165) is 36.6 Å². The summed E-state index contributed by atoms with van der Waals surface area (Å²) in [4.78, 5) is 14.2. The van der Waals surface area contributed by atoms with Gasteiger partial charge < -0.3 is 25.0 Å². The molecule has 0 aliphatic carbocycles. The fraction of sp³-hybridized carbons (Fsp3) is 0.552. The Morgan fingerprint density at radius 2 is 1.76 bits per heavy atom. The molecule has 0 aromatic heterocycles. The van der Waals surface area contributed by atoms with E-state index in [9.17, 15) is 9.18 Å². The van der Waals surface area contributed by atoms with E-state index in [4.69, 9.17) is 9.47 Å². The Morgan fingerprint density at radius 1 is 1.08 bits per heavy atom. The van der Waals surface area contributed by atoms with Crippen molar-refractivity contribution in [3.63, 3.8) is 0 Å². The van der Waals surface area contributed by atoms with E-state index in [-0.39, 0.29) is 37.1 Å². The van der Waals surface area contributed by atoms with Crippen LogP contribution in [0.25, 0.3) is 0 Å². The van der Waals surface area contributed by atoms with Crippen LogP contribution in [0.1, 0.15) is 51.7 Å². The average molecular weight is 530 g/mol. The molecule has 1 aliphatic heterocycles. The van der Waals surface area contributed by atoms with Crippen LogP contribution in [0.2, 0.25) is 0 Å². The zero-order valence-corrected chi connectivity index (χ0v) is 23.4. The van der Waals surface area contributed by atoms with Crippen LogP contribution in [0.5, 0.6) is 5.75 Å². The Labute approximate surface area is 226 Å². The third kappa shape index (κ3) is 9.87. The first-order chi connectivity index (χ1) is 18.2. The predicted octanol–water partition coefficient (Wildman–Crippen LogP) is 3.65. The second-order valence-electron chi connectivity index (χ2n) is 10.5. The number of halogens is 1. The number of benzene rings is 2. The minimum atomic E-state index is -0.535. The summed E-state index contributed by atoms with van der Waals surface area (Å²) in [5.74, 6) is 0.372. The molecule has 9 heteroatoms. The van der Waals surface area contributed by atoms with Crippen molar-refractivity contribution in [2.75, 3.05) is 51.2 Å². The summed E-state index contributed by atoms with van der Waals surface area (Å²) in [6.07, 6.45) is -0.0816. The summed E-state index contributed by atoms with van der Waals surface area (Å²) in [7, 11) is 0. The van der Waals surface area contributed by atoms with Crippen molar-refractivity contribution in [3.05, 3.63) is 59.4 Å². The number of hydrogen-bond donors (Lipinski definition) is 4. The standard InChI is InChI=1S/C29H44FN5O3/c1-6-35(7-2)14-15-37-25-12-10-24(11-13-25)34-28-32-18-23(19-33-28)21-8-9-22(26(30)16-21)17-31-20-27(36)38-29(3,4)5/h8-13,16,23,28,31-34H,6-7,14-15,17-20H2,1-5H3. The van der Waals surface area contributed by atoms with Gasteiger partial charge in [0.1, 0.15) is 30.1 Å². The smallest absolute Gasteiger partial charge is 0.320 e. The number of nitrogens with one attached hydrogen (secondary N) is 4. The molecule has 0 radical (unpaired) electrons. The lowest BCUT2D eigenvalue weighted by molar-refractivity contribution is -0.153. The van der Waals surface area contributed by atoms with E-state index < -0.39 is 5.60 Å². The quantitative estimate of drug-likeness (QED) is 0.293. The third-order valence-corrected chi connectivity index (χ3v) is 6.43. The maximum atomic E-state index is 14.7. The van der Waals surface area contributed by atoms with Gasteiger partial charge in [0.25, 0.3) is 0 Å². The number of nitrogens with zero attached hydrogens (tertiary/aromatic N) is 1. The molecule has 8 nitrogen and oxygen atoms in total. The van der Waals surface area contributed by atoms with Crippen molar-refractivity contribution in [1.82, 2.24) is 20.9 Å². The van der Waals surface area contributed by atoms with Crippen LogP contribution in [-0.2, 0) is 16.1 Å². The van der Waals surface area contributed by atoms with Gasteiger partial charge in [-0.15, -0.1) is 0 Å². The first-order valence-electron chi connectivity index (χ1n) is 13.6. The van der Waals surface area contributed by atoms with Gasteiger partial charge in [0.2, 0.25) is 0 Å². The van der Waals surface area contributed by atoms with Crippen LogP contribution in [0.3, 0.4) is 0 Å². The lowest BCUT2D eigenvalue weighted by Crippen LogP contribution is -2.55. The van der Waals surface area contributed by atoms with Crippen LogP contribution in [0.4, 0.5) is 10.1 Å². The summed E-state index contributed by atoms with van der Waals surface area (Å²) in [5.41, 5.74) is 1.91. The number of hydrogen-bond acceptors (Lipinski definition) is 8. The second-order valence-corrected chi connectivity index (χ2v) is 10.5. The molecule has 4 N–H and O–H groups in total. The molecule has 1 saturated heterocycles. The lowest BCUT2D eigenvalue weighted by atomic mass is 9.96. The molecule has 0 atom stereocenters. The normalized spacial score (nSPS) is 17.9. The largest absolute Gasteiger partial charge is 0.492 e. The summed E-state index contributed by atoms with van der Waals surface area (Å²) in [6, 6.07) is 13.3. The molecular weight excluding hydrogens is 485 g/mol. The van der Waals surface area contributed by atoms with Gasteiger partial charge in [-0.2, -0.15) is 0 Å². The SMILES string of the molecule is CCN(CC)CCOc1ccc(NC2NCC(c3ccc(CNCC(=O)OC(C)(C)C)c(F)c3)CN2)cc1. The maximum Gasteiger partial charge on any atom is 0.320 e. The van der Waals surface area contributed by atoms with Crippen molar-refractivity contribution >= 4 is 11.7 Å². The number of likely N-dealkylation sites (N-methyl/N-ethyl adjacent to an activating group) is 1. The number of ether oxygens (including phenoxy) is 2. The Morgan fingerprint density at radius 3 is 2.37 bits per heavy atom. The Hall–Kier alpha value is -2.72. The van der Waals surface area contributed by atoms with Crippen LogP contribution in [-0.4, -0.2) is 68.6 Å². The Kier molecular flexibility index (Phi) is 11.3. The first kappa shape index (κ1) is 29.8. The van der Waals surface area contributed by atoms with Gasteiger partial charge in [-0.25, -0.2) is 4.39 Å². The highest BCUT2D eigenvalue weighted by Gasteiger charge is 2.22. The highest BCUT2D eigenvalue weighted by atomic mass is 19.1. The van der Waals surface area contributed by atoms with Crippen molar-refractivity contribution in [1.29, 1.82) is 0 Å². The van der Waals surface area contributed by atoms with E-state index in [2.05, 4.69) is 40.0 Å². The lowest BCUT2D eigenvalue weighted by Gasteiger charge is -2.32. The highest BCUT2D eigenvalue weighted by molar-refractivity contribution is 5.72. The van der Waals surface area contributed by atoms with E-state index in [0.29, 0.717) is 25.3 Å². The van der Waals surface area contributed by atoms with E-state index in [1.165, 1.54) is 0 Å². The van der Waals surface area contributed by atoms with Crippen molar-refractivity contribution in [2.24, 2.45) is 0 Å². The Bertz CT molecular complexity index is 1000. The molecule has 0 saturated carbocycles. The van der Waals surface area contributed by atoms with Gasteiger partial charge >= 0.3 is 5.97 Å². The van der Waals surface area contributed by atoms with Gasteiger partial charge in [0, 0.05) is 43.3 Å². The predicted molar refractivity (Wildman–Crippen MR) is 150 cm³/mol. The van der Waals surface area contributed by atoms with Crippen molar-refractivity contribution in [2.45, 2.75) is 59.0 Å². The molecule has 2 aromatic carbocycles. The number of esters is 1. The van der Waals surface area contributed by atoms with Crippen LogP contribution in [0.15, 0.2) is 42.5 Å². The molecule has 3 rings (SSSR count). The fourth-order valence-corrected chi connectivity index (χ4v) is 4.29. The van der Waals surface area contributed by atoms with Crippen LogP contribution < -0.4 is 26.0 Å². The summed E-state index contributed by atoms with van der Waals surface area (Å²) in [6.45, 7) is 15.1. The number of anilines is 1. The fourth-order valence-electron chi connectivity index (χ4n) is 4.29. The number of carbonyl (C=O) groups excluding carboxylic acids is 1. The molecular formula is C29H44FN5O3. The number of rotatable bonds is 13. The third-order valence-electron chi connectivity index (χ3n) is 6.43. The molecule has 0 amide bonds. The van der Waals surface area contributed by atoms with Gasteiger partial charge in [0.15, 0.2) is 0 Å². The zero-order chi connectivity index (χ0) is 27.5. The second kappa shape index (κ2) is 14.4. The Balaban J connectivity index is 1.40. The minimum absolute atomic E-state index is 0.0374. The molecule has 1 fully saturated rings. The summed E-state index contributed by atoms with van der Waals surface area (Å²) < 4.78 is 25.9. The van der Waals surface area contributed by atoms with Crippen molar-refractivity contribution in [3.8, 4) is 5.75 Å². The molecule has 1 aliphatic rings. The van der Waals surface area contributed by atoms with E-state index in [1.807, 2.05) is 51.1 Å². The van der Waals surface area contributed by atoms with Crippen LogP contribution in [0, 0.1) is 5.82 Å². The maximum absolute atomic E-state index is 14.7. The minimum Gasteiger partial charge on any atom is -0.492 e. The molecule has 38 heavy (non-hydrogen) atoms. The zero-order valence-electron chi connectivity index (χ0n) is 23.4. The molecule has 1 heterocycles.